The molecule has 0 fully saturated rings. The Balaban J connectivity index is 2.00. The molecular formula is C16H23N5O. The van der Waals surface area contributed by atoms with E-state index in [2.05, 4.69) is 24.0 Å². The molecule has 1 aromatic heterocycles. The lowest BCUT2D eigenvalue weighted by atomic mass is 10.0. The third-order valence-electron chi connectivity index (χ3n) is 3.70. The lowest BCUT2D eigenvalue weighted by molar-refractivity contribution is 0.0783. The number of nitrogens with zero attached hydrogens (tertiary/aromatic N) is 4. The Morgan fingerprint density at radius 1 is 1.32 bits per heavy atom. The molecule has 1 atom stereocenters. The van der Waals surface area contributed by atoms with Gasteiger partial charge in [0.1, 0.15) is 0 Å². The van der Waals surface area contributed by atoms with Crippen LogP contribution in [0.2, 0.25) is 0 Å². The van der Waals surface area contributed by atoms with Crippen molar-refractivity contribution in [2.24, 2.45) is 11.7 Å². The predicted molar refractivity (Wildman–Crippen MR) is 85.7 cm³/mol. The highest BCUT2D eigenvalue weighted by atomic mass is 16.2. The highest BCUT2D eigenvalue weighted by Gasteiger charge is 2.17. The van der Waals surface area contributed by atoms with Gasteiger partial charge in [-0.2, -0.15) is 9.90 Å². The number of para-hydroxylation sites is 1. The predicted octanol–water partition coefficient (Wildman–Crippen LogP) is 1.71. The molecule has 0 aliphatic heterocycles. The molecule has 6 heteroatoms. The summed E-state index contributed by atoms with van der Waals surface area (Å²) in [5.74, 6) is 0.264. The maximum absolute atomic E-state index is 12.3. The molecule has 2 N–H and O–H groups in total. The van der Waals surface area contributed by atoms with Gasteiger partial charge in [-0.3, -0.25) is 4.79 Å². The van der Waals surface area contributed by atoms with Crippen molar-refractivity contribution in [1.82, 2.24) is 19.9 Å². The van der Waals surface area contributed by atoms with Gasteiger partial charge < -0.3 is 10.6 Å². The fourth-order valence-corrected chi connectivity index (χ4v) is 2.02. The Bertz CT molecular complexity index is 608. The Labute approximate surface area is 130 Å². The molecule has 0 spiro atoms. The topological polar surface area (TPSA) is 77.0 Å². The van der Waals surface area contributed by atoms with Gasteiger partial charge in [-0.05, 0) is 24.5 Å². The average Bonchev–Trinajstić information content (AvgIpc) is 3.02. The molecule has 0 saturated carbocycles. The zero-order valence-corrected chi connectivity index (χ0v) is 13.3. The van der Waals surface area contributed by atoms with Crippen molar-refractivity contribution >= 4 is 5.91 Å². The Kier molecular flexibility index (Phi) is 5.27. The summed E-state index contributed by atoms with van der Waals surface area (Å²) in [6.45, 7) is 4.77. The van der Waals surface area contributed by atoms with E-state index >= 15 is 0 Å². The smallest absolute Gasteiger partial charge is 0.275 e. The number of carbonyl (C=O) groups is 1. The maximum Gasteiger partial charge on any atom is 0.275 e. The van der Waals surface area contributed by atoms with Gasteiger partial charge in [0, 0.05) is 19.6 Å². The quantitative estimate of drug-likeness (QED) is 0.881. The molecule has 6 nitrogen and oxygen atoms in total. The van der Waals surface area contributed by atoms with Crippen molar-refractivity contribution in [2.75, 3.05) is 13.6 Å². The molecule has 1 aromatic carbocycles. The van der Waals surface area contributed by atoms with Crippen LogP contribution in [0.25, 0.3) is 5.69 Å². The summed E-state index contributed by atoms with van der Waals surface area (Å²) in [7, 11) is 1.76. The zero-order valence-electron chi connectivity index (χ0n) is 13.3. The molecule has 118 valence electrons. The summed E-state index contributed by atoms with van der Waals surface area (Å²) in [6, 6.07) is 9.60. The number of hydrogen-bond donors (Lipinski definition) is 1. The van der Waals surface area contributed by atoms with Crippen molar-refractivity contribution in [3.63, 3.8) is 0 Å². The molecule has 0 saturated heterocycles. The molecule has 0 radical (unpaired) electrons. The number of aromatic nitrogens is 3. The highest BCUT2D eigenvalue weighted by molar-refractivity contribution is 5.91. The zero-order chi connectivity index (χ0) is 16.1. The minimum Gasteiger partial charge on any atom is -0.340 e. The fraction of sp³-hybridized carbons (Fsp3) is 0.438. The van der Waals surface area contributed by atoms with Gasteiger partial charge in [0.2, 0.25) is 0 Å². The van der Waals surface area contributed by atoms with Crippen molar-refractivity contribution in [1.29, 1.82) is 0 Å². The van der Waals surface area contributed by atoms with Crippen LogP contribution in [0.3, 0.4) is 0 Å². The van der Waals surface area contributed by atoms with E-state index in [9.17, 15) is 4.79 Å². The molecule has 0 aliphatic carbocycles. The van der Waals surface area contributed by atoms with E-state index in [0.29, 0.717) is 18.2 Å². The first-order chi connectivity index (χ1) is 10.5. The van der Waals surface area contributed by atoms with E-state index in [4.69, 9.17) is 5.73 Å². The maximum atomic E-state index is 12.3. The summed E-state index contributed by atoms with van der Waals surface area (Å²) >= 11 is 0. The summed E-state index contributed by atoms with van der Waals surface area (Å²) in [6.07, 6.45) is 2.26. The molecule has 0 aliphatic rings. The van der Waals surface area contributed by atoms with Crippen LogP contribution in [-0.4, -0.2) is 45.4 Å². The normalized spacial score (nSPS) is 12.4. The van der Waals surface area contributed by atoms with Crippen LogP contribution in [0, 0.1) is 5.92 Å². The monoisotopic (exact) mass is 301 g/mol. The van der Waals surface area contributed by atoms with Crippen LogP contribution in [0.4, 0.5) is 0 Å². The van der Waals surface area contributed by atoms with Gasteiger partial charge in [-0.15, -0.1) is 5.10 Å². The summed E-state index contributed by atoms with van der Waals surface area (Å²) in [5, 5.41) is 8.39. The molecule has 2 rings (SSSR count). The van der Waals surface area contributed by atoms with E-state index < -0.39 is 0 Å². The van der Waals surface area contributed by atoms with Crippen molar-refractivity contribution < 1.29 is 4.79 Å². The molecule has 22 heavy (non-hydrogen) atoms. The number of benzene rings is 1. The van der Waals surface area contributed by atoms with Crippen molar-refractivity contribution in [3.05, 3.63) is 42.2 Å². The van der Waals surface area contributed by atoms with Crippen LogP contribution in [0.1, 0.15) is 30.8 Å². The second-order valence-electron chi connectivity index (χ2n) is 5.78. The van der Waals surface area contributed by atoms with E-state index in [1.165, 1.54) is 11.0 Å². The number of rotatable bonds is 6. The molecule has 2 aromatic rings. The second-order valence-corrected chi connectivity index (χ2v) is 5.78. The average molecular weight is 301 g/mol. The fourth-order valence-electron chi connectivity index (χ4n) is 2.02. The van der Waals surface area contributed by atoms with Gasteiger partial charge in [0.05, 0.1) is 11.9 Å². The minimum absolute atomic E-state index is 0.0928. The van der Waals surface area contributed by atoms with Crippen LogP contribution in [0.5, 0.6) is 0 Å². The first kappa shape index (κ1) is 16.2. The van der Waals surface area contributed by atoms with Crippen LogP contribution >= 0.6 is 0 Å². The number of nitrogens with two attached hydrogens (primary N) is 1. The van der Waals surface area contributed by atoms with Gasteiger partial charge in [0.15, 0.2) is 5.69 Å². The largest absolute Gasteiger partial charge is 0.340 e. The van der Waals surface area contributed by atoms with Gasteiger partial charge in [0.25, 0.3) is 5.91 Å². The van der Waals surface area contributed by atoms with Gasteiger partial charge in [-0.1, -0.05) is 32.0 Å². The first-order valence-corrected chi connectivity index (χ1v) is 7.48. The third-order valence-corrected chi connectivity index (χ3v) is 3.70. The van der Waals surface area contributed by atoms with E-state index in [-0.39, 0.29) is 11.9 Å². The Morgan fingerprint density at radius 2 is 2.00 bits per heavy atom. The lowest BCUT2D eigenvalue weighted by Gasteiger charge is -2.20. The van der Waals surface area contributed by atoms with Crippen molar-refractivity contribution in [2.45, 2.75) is 26.3 Å². The standard InChI is InChI=1S/C16H23N5O/c1-12(2)14(17)9-10-20(3)16(22)15-11-18-21(19-15)13-7-5-4-6-8-13/h4-8,11-12,14H,9-10,17H2,1-3H3. The Hall–Kier alpha value is -2.21. The highest BCUT2D eigenvalue weighted by Crippen LogP contribution is 2.08. The van der Waals surface area contributed by atoms with Crippen LogP contribution in [-0.2, 0) is 0 Å². The van der Waals surface area contributed by atoms with Crippen LogP contribution in [0.15, 0.2) is 36.5 Å². The number of hydrogen-bond acceptors (Lipinski definition) is 4. The van der Waals surface area contributed by atoms with Gasteiger partial charge >= 0.3 is 0 Å². The summed E-state index contributed by atoms with van der Waals surface area (Å²) in [4.78, 5) is 15.4. The van der Waals surface area contributed by atoms with Gasteiger partial charge in [-0.25, -0.2) is 0 Å². The molecule has 0 bridgehead atoms. The Morgan fingerprint density at radius 3 is 2.64 bits per heavy atom. The number of carbonyl (C=O) groups excluding carboxylic acids is 1. The SMILES string of the molecule is CC(C)C(N)CCN(C)C(=O)c1cnn(-c2ccccc2)n1. The summed E-state index contributed by atoms with van der Waals surface area (Å²) < 4.78 is 0. The molecule has 1 unspecified atom stereocenters. The van der Waals surface area contributed by atoms with Crippen molar-refractivity contribution in [3.8, 4) is 5.69 Å². The van der Waals surface area contributed by atoms with Crippen LogP contribution < -0.4 is 5.73 Å². The first-order valence-electron chi connectivity index (χ1n) is 7.48. The summed E-state index contributed by atoms with van der Waals surface area (Å²) in [5.41, 5.74) is 7.18. The second kappa shape index (κ2) is 7.17. The molecule has 1 heterocycles. The third kappa shape index (κ3) is 3.92. The molecule has 1 amide bonds. The van der Waals surface area contributed by atoms with E-state index in [1.54, 1.807) is 11.9 Å². The van der Waals surface area contributed by atoms with E-state index in [1.807, 2.05) is 30.3 Å². The lowest BCUT2D eigenvalue weighted by Crippen LogP contribution is -2.34. The minimum atomic E-state index is -0.141. The number of amides is 1. The van der Waals surface area contributed by atoms with E-state index in [0.717, 1.165) is 12.1 Å². The molecular weight excluding hydrogens is 278 g/mol.